The molecule has 1 heterocycles. The summed E-state index contributed by atoms with van der Waals surface area (Å²) in [4.78, 5) is 13.9. The van der Waals surface area contributed by atoms with Gasteiger partial charge in [-0.05, 0) is 61.2 Å². The first-order chi connectivity index (χ1) is 15.7. The van der Waals surface area contributed by atoms with Crippen molar-refractivity contribution in [3.8, 4) is 5.75 Å². The molecule has 0 aliphatic heterocycles. The molecule has 1 aromatic heterocycles. The van der Waals surface area contributed by atoms with Crippen LogP contribution in [0.1, 0.15) is 23.4 Å². The number of hydrogen-bond acceptors (Lipinski definition) is 6. The van der Waals surface area contributed by atoms with Crippen molar-refractivity contribution in [3.63, 3.8) is 0 Å². The van der Waals surface area contributed by atoms with E-state index in [1.165, 1.54) is 5.56 Å². The summed E-state index contributed by atoms with van der Waals surface area (Å²) in [5, 5.41) is 6.63. The lowest BCUT2D eigenvalue weighted by atomic mass is 10.1. The van der Waals surface area contributed by atoms with Gasteiger partial charge in [0.1, 0.15) is 11.6 Å². The molecule has 0 saturated carbocycles. The zero-order valence-electron chi connectivity index (χ0n) is 18.4. The van der Waals surface area contributed by atoms with Crippen LogP contribution in [0, 0.1) is 6.92 Å². The molecule has 0 amide bonds. The summed E-state index contributed by atoms with van der Waals surface area (Å²) in [5.41, 5.74) is 4.28. The van der Waals surface area contributed by atoms with E-state index in [9.17, 15) is 0 Å². The molecule has 0 fully saturated rings. The van der Waals surface area contributed by atoms with Crippen LogP contribution in [-0.4, -0.2) is 22.1 Å². The van der Waals surface area contributed by atoms with Gasteiger partial charge < -0.3 is 15.4 Å². The number of nitrogens with one attached hydrogen (secondary N) is 2. The molecule has 2 N–H and O–H groups in total. The summed E-state index contributed by atoms with van der Waals surface area (Å²) in [5.74, 6) is 2.68. The lowest BCUT2D eigenvalue weighted by Crippen LogP contribution is -2.08. The number of methoxy groups -OCH3 is 1. The zero-order valence-corrected chi connectivity index (χ0v) is 18.4. The average molecular weight is 426 g/mol. The molecule has 162 valence electrons. The highest BCUT2D eigenvalue weighted by atomic mass is 16.5. The molecule has 0 atom stereocenters. The molecule has 32 heavy (non-hydrogen) atoms. The van der Waals surface area contributed by atoms with E-state index in [2.05, 4.69) is 50.7 Å². The van der Waals surface area contributed by atoms with Crippen LogP contribution in [0.25, 0.3) is 0 Å². The van der Waals surface area contributed by atoms with E-state index in [1.807, 2.05) is 60.7 Å². The zero-order chi connectivity index (χ0) is 22.2. The molecule has 0 bridgehead atoms. The number of aromatic nitrogens is 3. The third-order valence-corrected chi connectivity index (χ3v) is 5.10. The van der Waals surface area contributed by atoms with Crippen LogP contribution in [0.15, 0.2) is 78.9 Å². The molecule has 6 heteroatoms. The first-order valence-corrected chi connectivity index (χ1v) is 10.7. The van der Waals surface area contributed by atoms with Crippen LogP contribution in [0.3, 0.4) is 0 Å². The Hall–Kier alpha value is -3.93. The number of benzene rings is 3. The normalized spacial score (nSPS) is 10.6. The monoisotopic (exact) mass is 425 g/mol. The van der Waals surface area contributed by atoms with Gasteiger partial charge in [-0.2, -0.15) is 15.0 Å². The summed E-state index contributed by atoms with van der Waals surface area (Å²) in [6.45, 7) is 2.06. The highest BCUT2D eigenvalue weighted by molar-refractivity contribution is 5.60. The summed E-state index contributed by atoms with van der Waals surface area (Å²) in [6, 6.07) is 26.2. The summed E-state index contributed by atoms with van der Waals surface area (Å²) >= 11 is 0. The van der Waals surface area contributed by atoms with Crippen molar-refractivity contribution in [2.24, 2.45) is 0 Å². The van der Waals surface area contributed by atoms with E-state index in [0.29, 0.717) is 11.9 Å². The fourth-order valence-electron chi connectivity index (χ4n) is 3.41. The molecule has 0 spiro atoms. The number of anilines is 4. The first-order valence-electron chi connectivity index (χ1n) is 10.7. The molecule has 0 aliphatic rings. The minimum atomic E-state index is 0.527. The highest BCUT2D eigenvalue weighted by Gasteiger charge is 2.09. The number of para-hydroxylation sites is 2. The third kappa shape index (κ3) is 5.82. The second-order valence-electron chi connectivity index (χ2n) is 7.53. The van der Waals surface area contributed by atoms with Crippen LogP contribution in [0.2, 0.25) is 0 Å². The molecule has 3 aromatic carbocycles. The van der Waals surface area contributed by atoms with Gasteiger partial charge >= 0.3 is 0 Å². The smallest absolute Gasteiger partial charge is 0.232 e. The lowest BCUT2D eigenvalue weighted by molar-refractivity contribution is 0.414. The largest absolute Gasteiger partial charge is 0.497 e. The maximum Gasteiger partial charge on any atom is 0.232 e. The fourth-order valence-corrected chi connectivity index (χ4v) is 3.41. The van der Waals surface area contributed by atoms with Crippen molar-refractivity contribution in [3.05, 3.63) is 95.8 Å². The van der Waals surface area contributed by atoms with Crippen LogP contribution in [-0.2, 0) is 12.8 Å². The molecular weight excluding hydrogens is 398 g/mol. The van der Waals surface area contributed by atoms with E-state index < -0.39 is 0 Å². The second kappa shape index (κ2) is 10.4. The molecule has 0 radical (unpaired) electrons. The highest BCUT2D eigenvalue weighted by Crippen LogP contribution is 2.20. The van der Waals surface area contributed by atoms with Crippen molar-refractivity contribution in [1.82, 2.24) is 15.0 Å². The summed E-state index contributed by atoms with van der Waals surface area (Å²) in [6.07, 6.45) is 2.59. The molecule has 0 aliphatic carbocycles. The van der Waals surface area contributed by atoms with Crippen LogP contribution < -0.4 is 15.4 Å². The SMILES string of the molecule is COc1cccc(CCCc2nc(Nc3ccccc3)nc(Nc3ccccc3C)n2)c1. The van der Waals surface area contributed by atoms with Gasteiger partial charge in [0.2, 0.25) is 11.9 Å². The van der Waals surface area contributed by atoms with Crippen molar-refractivity contribution < 1.29 is 4.74 Å². The van der Waals surface area contributed by atoms with Crippen molar-refractivity contribution in [2.45, 2.75) is 26.2 Å². The fraction of sp³-hybridized carbons (Fsp3) is 0.192. The number of hydrogen-bond donors (Lipinski definition) is 2. The van der Waals surface area contributed by atoms with Crippen molar-refractivity contribution in [1.29, 1.82) is 0 Å². The third-order valence-electron chi connectivity index (χ3n) is 5.10. The van der Waals surface area contributed by atoms with Crippen LogP contribution in [0.4, 0.5) is 23.3 Å². The standard InChI is InChI=1S/C26H27N5O/c1-19-10-6-7-16-23(19)28-26-30-24(17-9-12-20-11-8-15-22(18-20)32-2)29-25(31-26)27-21-13-4-3-5-14-21/h3-8,10-11,13-16,18H,9,12,17H2,1-2H3,(H2,27,28,29,30,31). The Bertz CT molecular complexity index is 1160. The summed E-state index contributed by atoms with van der Waals surface area (Å²) in [7, 11) is 1.69. The van der Waals surface area contributed by atoms with Crippen molar-refractivity contribution in [2.75, 3.05) is 17.7 Å². The van der Waals surface area contributed by atoms with E-state index in [4.69, 9.17) is 4.74 Å². The Morgan fingerprint density at radius 1 is 0.750 bits per heavy atom. The number of ether oxygens (including phenoxy) is 1. The second-order valence-corrected chi connectivity index (χ2v) is 7.53. The Morgan fingerprint density at radius 3 is 2.28 bits per heavy atom. The number of aryl methyl sites for hydroxylation is 3. The lowest BCUT2D eigenvalue weighted by Gasteiger charge is -2.12. The van der Waals surface area contributed by atoms with Gasteiger partial charge in [0, 0.05) is 17.8 Å². The quantitative estimate of drug-likeness (QED) is 0.350. The topological polar surface area (TPSA) is 72.0 Å². The van der Waals surface area contributed by atoms with Gasteiger partial charge in [-0.25, -0.2) is 0 Å². The van der Waals surface area contributed by atoms with Crippen LogP contribution >= 0.6 is 0 Å². The predicted octanol–water partition coefficient (Wildman–Crippen LogP) is 5.85. The minimum absolute atomic E-state index is 0.527. The molecule has 4 rings (SSSR count). The number of rotatable bonds is 9. The maximum absolute atomic E-state index is 5.32. The molecule has 6 nitrogen and oxygen atoms in total. The Labute approximate surface area is 188 Å². The van der Waals surface area contributed by atoms with Crippen molar-refractivity contribution >= 4 is 23.3 Å². The van der Waals surface area contributed by atoms with Gasteiger partial charge in [0.15, 0.2) is 0 Å². The molecule has 0 saturated heterocycles. The Balaban J connectivity index is 1.52. The summed E-state index contributed by atoms with van der Waals surface area (Å²) < 4.78 is 5.32. The predicted molar refractivity (Wildman–Crippen MR) is 129 cm³/mol. The Morgan fingerprint density at radius 2 is 1.50 bits per heavy atom. The minimum Gasteiger partial charge on any atom is -0.497 e. The van der Waals surface area contributed by atoms with E-state index in [-0.39, 0.29) is 0 Å². The molecule has 4 aromatic rings. The maximum atomic E-state index is 5.32. The Kier molecular flexibility index (Phi) is 6.92. The first kappa shape index (κ1) is 21.3. The van der Waals surface area contributed by atoms with E-state index >= 15 is 0 Å². The van der Waals surface area contributed by atoms with E-state index in [1.54, 1.807) is 7.11 Å². The van der Waals surface area contributed by atoms with Gasteiger partial charge in [0.25, 0.3) is 0 Å². The number of nitrogens with zero attached hydrogens (tertiary/aromatic N) is 3. The molecule has 0 unspecified atom stereocenters. The van der Waals surface area contributed by atoms with Crippen LogP contribution in [0.5, 0.6) is 5.75 Å². The van der Waals surface area contributed by atoms with Gasteiger partial charge in [-0.15, -0.1) is 0 Å². The van der Waals surface area contributed by atoms with E-state index in [0.717, 1.165) is 47.8 Å². The average Bonchev–Trinajstić information content (AvgIpc) is 2.81. The van der Waals surface area contributed by atoms with Gasteiger partial charge in [-0.3, -0.25) is 0 Å². The van der Waals surface area contributed by atoms with Gasteiger partial charge in [-0.1, -0.05) is 48.5 Å². The molecular formula is C26H27N5O. The van der Waals surface area contributed by atoms with Gasteiger partial charge in [0.05, 0.1) is 7.11 Å².